The fourth-order valence-corrected chi connectivity index (χ4v) is 4.70. The minimum atomic E-state index is -0.897. The molecule has 0 bridgehead atoms. The number of hydrogen-bond acceptors (Lipinski definition) is 4. The van der Waals surface area contributed by atoms with Gasteiger partial charge in [-0.25, -0.2) is 13.8 Å². The van der Waals surface area contributed by atoms with Gasteiger partial charge in [0.1, 0.15) is 5.01 Å². The topological polar surface area (TPSA) is 42.0 Å². The maximum absolute atomic E-state index is 13.2. The van der Waals surface area contributed by atoms with E-state index in [2.05, 4.69) is 10.3 Å². The van der Waals surface area contributed by atoms with Crippen LogP contribution in [0.2, 0.25) is 0 Å². The van der Waals surface area contributed by atoms with Crippen LogP contribution in [0.5, 0.6) is 0 Å². The first-order chi connectivity index (χ1) is 11.5. The monoisotopic (exact) mass is 368 g/mol. The van der Waals surface area contributed by atoms with Crippen LogP contribution in [-0.4, -0.2) is 16.6 Å². The van der Waals surface area contributed by atoms with Gasteiger partial charge in [0.05, 0.1) is 11.3 Å². The second-order valence-electron chi connectivity index (χ2n) is 6.00. The third kappa shape index (κ3) is 3.78. The number of amides is 1. The minimum absolute atomic E-state index is 0.112. The second kappa shape index (κ2) is 7.19. The van der Waals surface area contributed by atoms with Crippen LogP contribution in [0.4, 0.5) is 8.78 Å². The van der Waals surface area contributed by atoms with E-state index in [1.165, 1.54) is 17.8 Å². The van der Waals surface area contributed by atoms with Gasteiger partial charge in [-0.15, -0.1) is 23.1 Å². The third-order valence-electron chi connectivity index (χ3n) is 4.13. The van der Waals surface area contributed by atoms with Crippen molar-refractivity contribution < 1.29 is 13.6 Å². The van der Waals surface area contributed by atoms with Gasteiger partial charge < -0.3 is 5.32 Å². The van der Waals surface area contributed by atoms with Crippen molar-refractivity contribution in [2.75, 3.05) is 5.75 Å². The highest BCUT2D eigenvalue weighted by molar-refractivity contribution is 8.00. The van der Waals surface area contributed by atoms with Gasteiger partial charge in [0.15, 0.2) is 11.6 Å². The molecule has 0 unspecified atom stereocenters. The van der Waals surface area contributed by atoms with E-state index in [0.29, 0.717) is 4.90 Å². The average molecular weight is 368 g/mol. The summed E-state index contributed by atoms with van der Waals surface area (Å²) >= 11 is 2.78. The van der Waals surface area contributed by atoms with Crippen molar-refractivity contribution in [2.24, 2.45) is 0 Å². The van der Waals surface area contributed by atoms with E-state index in [0.717, 1.165) is 48.5 Å². The molecule has 1 saturated carbocycles. The van der Waals surface area contributed by atoms with Crippen LogP contribution in [-0.2, 0) is 10.3 Å². The Kier molecular flexibility index (Phi) is 5.20. The summed E-state index contributed by atoms with van der Waals surface area (Å²) in [6.07, 6.45) is 3.91. The van der Waals surface area contributed by atoms with E-state index < -0.39 is 11.6 Å². The Morgan fingerprint density at radius 2 is 2.08 bits per heavy atom. The van der Waals surface area contributed by atoms with Crippen LogP contribution in [0.3, 0.4) is 0 Å². The minimum Gasteiger partial charge on any atom is -0.343 e. The van der Waals surface area contributed by atoms with Crippen molar-refractivity contribution in [1.29, 1.82) is 0 Å². The Morgan fingerprint density at radius 1 is 1.33 bits per heavy atom. The van der Waals surface area contributed by atoms with Crippen molar-refractivity contribution in [1.82, 2.24) is 10.3 Å². The molecule has 0 aliphatic heterocycles. The first-order valence-electron chi connectivity index (χ1n) is 7.80. The van der Waals surface area contributed by atoms with E-state index in [4.69, 9.17) is 0 Å². The van der Waals surface area contributed by atoms with Crippen LogP contribution in [0, 0.1) is 18.6 Å². The maximum Gasteiger partial charge on any atom is 0.231 e. The number of thiazole rings is 1. The lowest BCUT2D eigenvalue weighted by Crippen LogP contribution is -2.44. The number of aromatic nitrogens is 1. The Morgan fingerprint density at radius 3 is 2.71 bits per heavy atom. The lowest BCUT2D eigenvalue weighted by atomic mass is 9.98. The summed E-state index contributed by atoms with van der Waals surface area (Å²) in [7, 11) is 0. The first kappa shape index (κ1) is 17.4. The predicted molar refractivity (Wildman–Crippen MR) is 92.2 cm³/mol. The molecule has 0 spiro atoms. The molecule has 1 aliphatic rings. The lowest BCUT2D eigenvalue weighted by Gasteiger charge is -2.28. The molecule has 0 atom stereocenters. The molecule has 7 heteroatoms. The van der Waals surface area contributed by atoms with Gasteiger partial charge in [-0.3, -0.25) is 4.79 Å². The molecule has 0 radical (unpaired) electrons. The number of thioether (sulfide) groups is 1. The molecule has 1 aliphatic carbocycles. The number of carbonyl (C=O) groups excluding carboxylic acids is 1. The molecule has 0 saturated heterocycles. The number of carbonyl (C=O) groups is 1. The van der Waals surface area contributed by atoms with E-state index >= 15 is 0 Å². The number of benzene rings is 1. The molecule has 1 amide bonds. The summed E-state index contributed by atoms with van der Waals surface area (Å²) in [5, 5.41) is 6.10. The zero-order valence-electron chi connectivity index (χ0n) is 13.3. The molecule has 1 fully saturated rings. The largest absolute Gasteiger partial charge is 0.343 e. The fourth-order valence-electron chi connectivity index (χ4n) is 2.96. The number of nitrogens with zero attached hydrogens (tertiary/aromatic N) is 1. The predicted octanol–water partition coefficient (Wildman–Crippen LogP) is 4.41. The zero-order chi connectivity index (χ0) is 17.2. The Hall–Kier alpha value is -1.47. The van der Waals surface area contributed by atoms with Crippen LogP contribution < -0.4 is 5.32 Å². The van der Waals surface area contributed by atoms with Crippen molar-refractivity contribution >= 4 is 29.0 Å². The SMILES string of the molecule is Cc1csc(C2(NC(=O)CSc3ccc(F)c(F)c3)CCCC2)n1. The summed E-state index contributed by atoms with van der Waals surface area (Å²) in [6, 6.07) is 3.67. The van der Waals surface area contributed by atoms with Gasteiger partial charge in [0, 0.05) is 16.0 Å². The van der Waals surface area contributed by atoms with Crippen molar-refractivity contribution in [2.45, 2.75) is 43.0 Å². The molecule has 128 valence electrons. The Balaban J connectivity index is 1.65. The van der Waals surface area contributed by atoms with Gasteiger partial charge in [-0.1, -0.05) is 12.8 Å². The number of halogens is 2. The van der Waals surface area contributed by atoms with Gasteiger partial charge in [0.25, 0.3) is 0 Å². The smallest absolute Gasteiger partial charge is 0.231 e. The van der Waals surface area contributed by atoms with Gasteiger partial charge in [-0.2, -0.15) is 0 Å². The molecular formula is C17H18F2N2OS2. The van der Waals surface area contributed by atoms with Crippen LogP contribution >= 0.6 is 23.1 Å². The quantitative estimate of drug-likeness (QED) is 0.795. The van der Waals surface area contributed by atoms with Crippen molar-refractivity contribution in [3.63, 3.8) is 0 Å². The summed E-state index contributed by atoms with van der Waals surface area (Å²) in [6.45, 7) is 1.95. The molecule has 3 rings (SSSR count). The fraction of sp³-hybridized carbons (Fsp3) is 0.412. The third-order valence-corrected chi connectivity index (χ3v) is 6.28. The molecule has 24 heavy (non-hydrogen) atoms. The molecule has 3 nitrogen and oxygen atoms in total. The molecular weight excluding hydrogens is 350 g/mol. The standard InChI is InChI=1S/C17H18F2N2OS2/c1-11-9-24-16(20-11)17(6-2-3-7-17)21-15(22)10-23-12-4-5-13(18)14(19)8-12/h4-5,8-9H,2-3,6-7,10H2,1H3,(H,21,22). The molecule has 1 aromatic heterocycles. The van der Waals surface area contributed by atoms with Crippen LogP contribution in [0.1, 0.15) is 36.4 Å². The average Bonchev–Trinajstić information content (AvgIpc) is 3.18. The zero-order valence-corrected chi connectivity index (χ0v) is 14.9. The highest BCUT2D eigenvalue weighted by Gasteiger charge is 2.39. The molecule has 1 aromatic carbocycles. The summed E-state index contributed by atoms with van der Waals surface area (Å²) in [4.78, 5) is 17.5. The summed E-state index contributed by atoms with van der Waals surface area (Å²) in [5.74, 6) is -1.73. The van der Waals surface area contributed by atoms with E-state index in [-0.39, 0.29) is 17.2 Å². The van der Waals surface area contributed by atoms with E-state index in [9.17, 15) is 13.6 Å². The summed E-state index contributed by atoms with van der Waals surface area (Å²) in [5.41, 5.74) is 0.594. The van der Waals surface area contributed by atoms with Gasteiger partial charge in [0.2, 0.25) is 5.91 Å². The van der Waals surface area contributed by atoms with E-state index in [1.54, 1.807) is 11.3 Å². The van der Waals surface area contributed by atoms with E-state index in [1.807, 2.05) is 12.3 Å². The highest BCUT2D eigenvalue weighted by atomic mass is 32.2. The molecule has 1 heterocycles. The molecule has 1 N–H and O–H groups in total. The summed E-state index contributed by atoms with van der Waals surface area (Å²) < 4.78 is 26.2. The number of hydrogen-bond donors (Lipinski definition) is 1. The highest BCUT2D eigenvalue weighted by Crippen LogP contribution is 2.40. The number of rotatable bonds is 5. The Bertz CT molecular complexity index is 742. The Labute approximate surface area is 147 Å². The first-order valence-corrected chi connectivity index (χ1v) is 9.66. The van der Waals surface area contributed by atoms with Gasteiger partial charge in [-0.05, 0) is 38.0 Å². The van der Waals surface area contributed by atoms with Crippen molar-refractivity contribution in [3.8, 4) is 0 Å². The van der Waals surface area contributed by atoms with Crippen LogP contribution in [0.25, 0.3) is 0 Å². The van der Waals surface area contributed by atoms with Crippen molar-refractivity contribution in [3.05, 3.63) is 45.9 Å². The maximum atomic E-state index is 13.2. The normalized spacial score (nSPS) is 16.3. The number of nitrogens with one attached hydrogen (secondary N) is 1. The lowest BCUT2D eigenvalue weighted by molar-refractivity contribution is -0.120. The second-order valence-corrected chi connectivity index (χ2v) is 7.90. The van der Waals surface area contributed by atoms with Gasteiger partial charge >= 0.3 is 0 Å². The molecule has 2 aromatic rings. The van der Waals surface area contributed by atoms with Crippen LogP contribution in [0.15, 0.2) is 28.5 Å². The number of aryl methyl sites for hydroxylation is 1.